The Morgan fingerprint density at radius 3 is 2.52 bits per heavy atom. The summed E-state index contributed by atoms with van der Waals surface area (Å²) < 4.78 is 26.4. The number of carbonyl (C=O) groups excluding carboxylic acids is 1. The minimum atomic E-state index is -0.864. The van der Waals surface area contributed by atoms with Crippen LogP contribution in [0.4, 0.5) is 20.2 Å². The molecule has 2 aromatic carbocycles. The first-order valence-corrected chi connectivity index (χ1v) is 9.30. The number of hydrogen-bond donors (Lipinski definition) is 2. The van der Waals surface area contributed by atoms with Crippen molar-refractivity contribution in [1.82, 2.24) is 10.2 Å². The largest absolute Gasteiger partial charge is 0.387 e. The van der Waals surface area contributed by atoms with Crippen LogP contribution in [0.15, 0.2) is 36.4 Å². The van der Waals surface area contributed by atoms with Crippen LogP contribution in [0.3, 0.4) is 0 Å². The molecule has 1 aliphatic rings. The van der Waals surface area contributed by atoms with Gasteiger partial charge in [0.05, 0.1) is 10.5 Å². The number of benzene rings is 2. The molecule has 0 bridgehead atoms. The lowest BCUT2D eigenvalue weighted by molar-refractivity contribution is -0.384. The third kappa shape index (κ3) is 5.05. The van der Waals surface area contributed by atoms with Gasteiger partial charge in [0.25, 0.3) is 11.6 Å². The number of likely N-dealkylation sites (tertiary alicyclic amines) is 1. The number of anilines is 1. The number of non-ortho nitro benzene ring substituents is 1. The van der Waals surface area contributed by atoms with E-state index in [-0.39, 0.29) is 23.2 Å². The van der Waals surface area contributed by atoms with E-state index in [9.17, 15) is 23.7 Å². The Morgan fingerprint density at radius 2 is 1.90 bits per heavy atom. The smallest absolute Gasteiger partial charge is 0.270 e. The van der Waals surface area contributed by atoms with Gasteiger partial charge in [-0.3, -0.25) is 19.8 Å². The van der Waals surface area contributed by atoms with Crippen LogP contribution in [0.1, 0.15) is 28.8 Å². The first-order chi connectivity index (χ1) is 13.9. The van der Waals surface area contributed by atoms with Crippen LogP contribution in [0.5, 0.6) is 0 Å². The van der Waals surface area contributed by atoms with Crippen molar-refractivity contribution in [3.8, 4) is 0 Å². The summed E-state index contributed by atoms with van der Waals surface area (Å²) in [7, 11) is 1.65. The topological polar surface area (TPSA) is 87.5 Å². The summed E-state index contributed by atoms with van der Waals surface area (Å²) in [5.74, 6) is -2.09. The Bertz CT molecular complexity index is 915. The van der Waals surface area contributed by atoms with Crippen LogP contribution in [-0.2, 0) is 6.54 Å². The standard InChI is InChI=1S/C20H22F2N4O3/c1-23-19-5-3-15(26(28)29)11-16(19)20(27)24-14-6-8-25(9-7-14)12-13-2-4-17(21)18(22)10-13/h2-5,10-11,14,23H,6-9,12H2,1H3,(H,24,27). The van der Waals surface area contributed by atoms with Crippen molar-refractivity contribution in [1.29, 1.82) is 0 Å². The van der Waals surface area contributed by atoms with Gasteiger partial charge in [0.2, 0.25) is 0 Å². The molecule has 0 spiro atoms. The normalized spacial score (nSPS) is 15.1. The Morgan fingerprint density at radius 1 is 1.17 bits per heavy atom. The van der Waals surface area contributed by atoms with E-state index in [4.69, 9.17) is 0 Å². The van der Waals surface area contributed by atoms with Crippen molar-refractivity contribution in [2.45, 2.75) is 25.4 Å². The first kappa shape index (κ1) is 20.7. The van der Waals surface area contributed by atoms with E-state index in [1.807, 2.05) is 0 Å². The zero-order valence-corrected chi connectivity index (χ0v) is 16.0. The number of nitrogens with zero attached hydrogens (tertiary/aromatic N) is 2. The number of hydrogen-bond acceptors (Lipinski definition) is 5. The highest BCUT2D eigenvalue weighted by Crippen LogP contribution is 2.23. The summed E-state index contributed by atoms with van der Waals surface area (Å²) in [4.78, 5) is 25.2. The highest BCUT2D eigenvalue weighted by molar-refractivity contribution is 6.00. The molecule has 7 nitrogen and oxygen atoms in total. The average molecular weight is 404 g/mol. The van der Waals surface area contributed by atoms with Gasteiger partial charge in [-0.2, -0.15) is 0 Å². The zero-order valence-electron chi connectivity index (χ0n) is 16.0. The minimum absolute atomic E-state index is 0.0623. The molecule has 0 unspecified atom stereocenters. The fourth-order valence-electron chi connectivity index (χ4n) is 3.45. The van der Waals surface area contributed by atoms with Crippen LogP contribution in [-0.4, -0.2) is 41.9 Å². The van der Waals surface area contributed by atoms with Gasteiger partial charge in [0.1, 0.15) is 0 Å². The number of rotatable bonds is 6. The van der Waals surface area contributed by atoms with E-state index in [0.717, 1.165) is 6.07 Å². The van der Waals surface area contributed by atoms with E-state index in [0.29, 0.717) is 43.7 Å². The summed E-state index contributed by atoms with van der Waals surface area (Å²) in [6.45, 7) is 1.89. The molecule has 0 radical (unpaired) electrons. The van der Waals surface area contributed by atoms with Crippen LogP contribution < -0.4 is 10.6 Å². The molecule has 1 amide bonds. The molecule has 0 aromatic heterocycles. The monoisotopic (exact) mass is 404 g/mol. The van der Waals surface area contributed by atoms with Gasteiger partial charge in [0, 0.05) is 50.5 Å². The van der Waals surface area contributed by atoms with Crippen LogP contribution in [0, 0.1) is 21.7 Å². The van der Waals surface area contributed by atoms with Gasteiger partial charge in [-0.1, -0.05) is 6.07 Å². The molecule has 1 heterocycles. The molecule has 0 atom stereocenters. The molecule has 0 aliphatic carbocycles. The average Bonchev–Trinajstić information content (AvgIpc) is 2.71. The van der Waals surface area contributed by atoms with Crippen molar-refractivity contribution in [3.05, 3.63) is 69.3 Å². The van der Waals surface area contributed by atoms with Crippen LogP contribution in [0.25, 0.3) is 0 Å². The lowest BCUT2D eigenvalue weighted by atomic mass is 10.0. The Kier molecular flexibility index (Phi) is 6.38. The van der Waals surface area contributed by atoms with Crippen molar-refractivity contribution in [2.24, 2.45) is 0 Å². The molecular formula is C20H22F2N4O3. The molecular weight excluding hydrogens is 382 g/mol. The van der Waals surface area contributed by atoms with E-state index in [1.54, 1.807) is 13.1 Å². The van der Waals surface area contributed by atoms with Gasteiger partial charge in [-0.25, -0.2) is 8.78 Å². The summed E-state index contributed by atoms with van der Waals surface area (Å²) in [5.41, 5.74) is 1.30. The van der Waals surface area contributed by atoms with Crippen LogP contribution >= 0.6 is 0 Å². The third-order valence-corrected chi connectivity index (χ3v) is 5.04. The molecule has 29 heavy (non-hydrogen) atoms. The lowest BCUT2D eigenvalue weighted by Crippen LogP contribution is -2.44. The fraction of sp³-hybridized carbons (Fsp3) is 0.350. The Balaban J connectivity index is 1.58. The molecule has 0 saturated carbocycles. The number of nitro groups is 1. The lowest BCUT2D eigenvalue weighted by Gasteiger charge is -2.32. The molecule has 154 valence electrons. The fourth-order valence-corrected chi connectivity index (χ4v) is 3.45. The number of halogens is 2. The number of amides is 1. The maximum absolute atomic E-state index is 13.4. The van der Waals surface area contributed by atoms with Gasteiger partial charge >= 0.3 is 0 Å². The number of piperidine rings is 1. The second-order valence-electron chi connectivity index (χ2n) is 7.01. The third-order valence-electron chi connectivity index (χ3n) is 5.04. The molecule has 1 fully saturated rings. The predicted molar refractivity (Wildman–Crippen MR) is 105 cm³/mol. The SMILES string of the molecule is CNc1ccc([N+](=O)[O-])cc1C(=O)NC1CCN(Cc2ccc(F)c(F)c2)CC1. The molecule has 2 aromatic rings. The van der Waals surface area contributed by atoms with Crippen molar-refractivity contribution in [2.75, 3.05) is 25.5 Å². The second-order valence-corrected chi connectivity index (χ2v) is 7.01. The van der Waals surface area contributed by atoms with Gasteiger partial charge in [0.15, 0.2) is 11.6 Å². The van der Waals surface area contributed by atoms with E-state index < -0.39 is 16.6 Å². The number of nitro benzene ring substituents is 1. The summed E-state index contributed by atoms with van der Waals surface area (Å²) in [6, 6.07) is 7.94. The maximum atomic E-state index is 13.4. The van der Waals surface area contributed by atoms with Crippen molar-refractivity contribution >= 4 is 17.3 Å². The Labute approximate surface area is 166 Å². The van der Waals surface area contributed by atoms with Crippen LogP contribution in [0.2, 0.25) is 0 Å². The maximum Gasteiger partial charge on any atom is 0.270 e. The molecule has 1 aliphatic heterocycles. The van der Waals surface area contributed by atoms with E-state index in [1.165, 1.54) is 24.3 Å². The molecule has 9 heteroatoms. The second kappa shape index (κ2) is 8.95. The van der Waals surface area contributed by atoms with E-state index >= 15 is 0 Å². The summed E-state index contributed by atoms with van der Waals surface area (Å²) in [5, 5.41) is 16.8. The zero-order chi connectivity index (χ0) is 21.0. The van der Waals surface area contributed by atoms with Gasteiger partial charge in [-0.05, 0) is 36.6 Å². The summed E-state index contributed by atoms with van der Waals surface area (Å²) >= 11 is 0. The van der Waals surface area contributed by atoms with Crippen molar-refractivity contribution < 1.29 is 18.5 Å². The highest BCUT2D eigenvalue weighted by atomic mass is 19.2. The van der Waals surface area contributed by atoms with Gasteiger partial charge < -0.3 is 10.6 Å². The molecule has 3 rings (SSSR count). The molecule has 1 saturated heterocycles. The number of nitrogens with one attached hydrogen (secondary N) is 2. The number of carbonyl (C=O) groups is 1. The first-order valence-electron chi connectivity index (χ1n) is 9.30. The summed E-state index contributed by atoms with van der Waals surface area (Å²) in [6.07, 6.45) is 1.39. The quantitative estimate of drug-likeness (QED) is 0.570. The highest BCUT2D eigenvalue weighted by Gasteiger charge is 2.23. The predicted octanol–water partition coefficient (Wildman–Crippen LogP) is 3.31. The van der Waals surface area contributed by atoms with E-state index in [2.05, 4.69) is 15.5 Å². The van der Waals surface area contributed by atoms with Crippen molar-refractivity contribution in [3.63, 3.8) is 0 Å². The van der Waals surface area contributed by atoms with Gasteiger partial charge in [-0.15, -0.1) is 0 Å². The Hall–Kier alpha value is -3.07. The minimum Gasteiger partial charge on any atom is -0.387 e. The molecule has 2 N–H and O–H groups in total.